The summed E-state index contributed by atoms with van der Waals surface area (Å²) in [6, 6.07) is 8.02. The molecule has 0 aliphatic rings. The molecule has 2 rings (SSSR count). The third kappa shape index (κ3) is 3.22. The molecule has 2 aromatic rings. The van der Waals surface area contributed by atoms with E-state index < -0.39 is 16.6 Å². The SMILES string of the molecule is Cc1cc(C)c([N+](=O)[O-])cc1NC(=O)c1ccc(F)cc1. The van der Waals surface area contributed by atoms with Gasteiger partial charge < -0.3 is 5.32 Å². The first kappa shape index (κ1) is 14.6. The van der Waals surface area contributed by atoms with Crippen LogP contribution in [0.25, 0.3) is 0 Å². The van der Waals surface area contributed by atoms with Crippen LogP contribution in [-0.2, 0) is 0 Å². The zero-order chi connectivity index (χ0) is 15.6. The molecule has 6 heteroatoms. The lowest BCUT2D eigenvalue weighted by atomic mass is 10.1. The van der Waals surface area contributed by atoms with E-state index in [4.69, 9.17) is 0 Å². The van der Waals surface area contributed by atoms with E-state index in [0.29, 0.717) is 16.8 Å². The molecule has 0 aliphatic heterocycles. The molecular weight excluding hydrogens is 275 g/mol. The maximum atomic E-state index is 12.8. The number of rotatable bonds is 3. The van der Waals surface area contributed by atoms with Crippen molar-refractivity contribution in [1.29, 1.82) is 0 Å². The highest BCUT2D eigenvalue weighted by molar-refractivity contribution is 6.04. The van der Waals surface area contributed by atoms with E-state index in [0.717, 1.165) is 0 Å². The number of hydrogen-bond acceptors (Lipinski definition) is 3. The van der Waals surface area contributed by atoms with Crippen molar-refractivity contribution in [3.63, 3.8) is 0 Å². The molecule has 0 aromatic heterocycles. The summed E-state index contributed by atoms with van der Waals surface area (Å²) in [5, 5.41) is 13.5. The lowest BCUT2D eigenvalue weighted by molar-refractivity contribution is -0.385. The van der Waals surface area contributed by atoms with Crippen molar-refractivity contribution < 1.29 is 14.1 Å². The van der Waals surface area contributed by atoms with E-state index in [2.05, 4.69) is 5.32 Å². The molecule has 1 N–H and O–H groups in total. The normalized spacial score (nSPS) is 10.2. The number of hydrogen-bond donors (Lipinski definition) is 1. The second kappa shape index (κ2) is 5.70. The van der Waals surface area contributed by atoms with Crippen molar-refractivity contribution >= 4 is 17.3 Å². The molecule has 0 heterocycles. The summed E-state index contributed by atoms with van der Waals surface area (Å²) >= 11 is 0. The fourth-order valence-electron chi connectivity index (χ4n) is 1.97. The number of carbonyl (C=O) groups is 1. The molecule has 0 saturated carbocycles. The summed E-state index contributed by atoms with van der Waals surface area (Å²) in [7, 11) is 0. The van der Waals surface area contributed by atoms with Gasteiger partial charge in [0.05, 0.1) is 10.6 Å². The molecule has 0 saturated heterocycles. The van der Waals surface area contributed by atoms with Crippen molar-refractivity contribution in [2.24, 2.45) is 0 Å². The Kier molecular flexibility index (Phi) is 3.98. The molecule has 0 bridgehead atoms. The average Bonchev–Trinajstić information content (AvgIpc) is 2.42. The van der Waals surface area contributed by atoms with Gasteiger partial charge in [0.25, 0.3) is 11.6 Å². The van der Waals surface area contributed by atoms with Crippen LogP contribution in [-0.4, -0.2) is 10.8 Å². The lowest BCUT2D eigenvalue weighted by Crippen LogP contribution is -2.13. The van der Waals surface area contributed by atoms with E-state index in [-0.39, 0.29) is 11.3 Å². The molecule has 0 radical (unpaired) electrons. The molecule has 108 valence electrons. The third-order valence-corrected chi connectivity index (χ3v) is 3.09. The number of nitrogens with zero attached hydrogens (tertiary/aromatic N) is 1. The molecule has 0 aliphatic carbocycles. The number of anilines is 1. The van der Waals surface area contributed by atoms with E-state index in [1.165, 1.54) is 30.3 Å². The predicted molar refractivity (Wildman–Crippen MR) is 76.9 cm³/mol. The topological polar surface area (TPSA) is 72.2 Å². The van der Waals surface area contributed by atoms with Gasteiger partial charge in [-0.2, -0.15) is 0 Å². The Morgan fingerprint density at radius 1 is 1.14 bits per heavy atom. The van der Waals surface area contributed by atoms with Crippen LogP contribution in [0.4, 0.5) is 15.8 Å². The fraction of sp³-hybridized carbons (Fsp3) is 0.133. The highest BCUT2D eigenvalue weighted by atomic mass is 19.1. The van der Waals surface area contributed by atoms with Gasteiger partial charge in [0.2, 0.25) is 0 Å². The zero-order valence-electron chi connectivity index (χ0n) is 11.5. The third-order valence-electron chi connectivity index (χ3n) is 3.09. The van der Waals surface area contributed by atoms with Gasteiger partial charge in [-0.05, 0) is 49.7 Å². The minimum atomic E-state index is -0.498. The smallest absolute Gasteiger partial charge is 0.274 e. The molecule has 1 amide bonds. The van der Waals surface area contributed by atoms with E-state index in [1.54, 1.807) is 19.9 Å². The summed E-state index contributed by atoms with van der Waals surface area (Å²) in [6.45, 7) is 3.38. The van der Waals surface area contributed by atoms with Gasteiger partial charge in [-0.1, -0.05) is 0 Å². The Hall–Kier alpha value is -2.76. The van der Waals surface area contributed by atoms with E-state index in [1.807, 2.05) is 0 Å². The molecule has 0 fully saturated rings. The second-order valence-corrected chi connectivity index (χ2v) is 4.67. The quantitative estimate of drug-likeness (QED) is 0.692. The number of amides is 1. The van der Waals surface area contributed by atoms with Gasteiger partial charge in [-0.15, -0.1) is 0 Å². The van der Waals surface area contributed by atoms with Crippen LogP contribution < -0.4 is 5.32 Å². The largest absolute Gasteiger partial charge is 0.321 e. The van der Waals surface area contributed by atoms with E-state index >= 15 is 0 Å². The maximum Gasteiger partial charge on any atom is 0.274 e. The maximum absolute atomic E-state index is 12.8. The Morgan fingerprint density at radius 3 is 2.33 bits per heavy atom. The molecule has 0 spiro atoms. The summed E-state index contributed by atoms with van der Waals surface area (Å²) in [5.74, 6) is -0.884. The first-order chi connectivity index (χ1) is 9.88. The van der Waals surface area contributed by atoms with Gasteiger partial charge in [-0.25, -0.2) is 4.39 Å². The first-order valence-corrected chi connectivity index (χ1v) is 6.21. The number of nitro groups is 1. The van der Waals surface area contributed by atoms with Gasteiger partial charge in [0, 0.05) is 17.2 Å². The Balaban J connectivity index is 2.30. The Bertz CT molecular complexity index is 712. The van der Waals surface area contributed by atoms with Crippen LogP contribution in [0.2, 0.25) is 0 Å². The van der Waals surface area contributed by atoms with Crippen LogP contribution in [0.3, 0.4) is 0 Å². The molecule has 0 unspecified atom stereocenters. The van der Waals surface area contributed by atoms with E-state index in [9.17, 15) is 19.3 Å². The number of nitro benzene ring substituents is 1. The Morgan fingerprint density at radius 2 is 1.76 bits per heavy atom. The van der Waals surface area contributed by atoms with Crippen LogP contribution in [0.5, 0.6) is 0 Å². The van der Waals surface area contributed by atoms with Gasteiger partial charge in [0.1, 0.15) is 5.82 Å². The van der Waals surface area contributed by atoms with Crippen molar-refractivity contribution in [2.45, 2.75) is 13.8 Å². The molecule has 2 aromatic carbocycles. The van der Waals surface area contributed by atoms with Gasteiger partial charge >= 0.3 is 0 Å². The average molecular weight is 288 g/mol. The fourth-order valence-corrected chi connectivity index (χ4v) is 1.97. The standard InChI is InChI=1S/C15H13FN2O3/c1-9-7-10(2)14(18(20)21)8-13(9)17-15(19)11-3-5-12(16)6-4-11/h3-8H,1-2H3,(H,17,19). The second-order valence-electron chi connectivity index (χ2n) is 4.67. The Labute approximate surface area is 120 Å². The molecule has 21 heavy (non-hydrogen) atoms. The van der Waals surface area contributed by atoms with Gasteiger partial charge in [-0.3, -0.25) is 14.9 Å². The van der Waals surface area contributed by atoms with Crippen LogP contribution in [0.1, 0.15) is 21.5 Å². The van der Waals surface area contributed by atoms with Gasteiger partial charge in [0.15, 0.2) is 0 Å². The van der Waals surface area contributed by atoms with Crippen LogP contribution in [0.15, 0.2) is 36.4 Å². The van der Waals surface area contributed by atoms with Crippen molar-refractivity contribution in [3.8, 4) is 0 Å². The molecule has 0 atom stereocenters. The number of nitrogens with one attached hydrogen (secondary N) is 1. The molecular formula is C15H13FN2O3. The minimum Gasteiger partial charge on any atom is -0.321 e. The van der Waals surface area contributed by atoms with Crippen LogP contribution in [0, 0.1) is 29.8 Å². The highest BCUT2D eigenvalue weighted by Crippen LogP contribution is 2.26. The van der Waals surface area contributed by atoms with Crippen LogP contribution >= 0.6 is 0 Å². The minimum absolute atomic E-state index is 0.0602. The predicted octanol–water partition coefficient (Wildman–Crippen LogP) is 3.60. The number of benzene rings is 2. The highest BCUT2D eigenvalue weighted by Gasteiger charge is 2.15. The van der Waals surface area contributed by atoms with Crippen molar-refractivity contribution in [2.75, 3.05) is 5.32 Å². The lowest BCUT2D eigenvalue weighted by Gasteiger charge is -2.09. The first-order valence-electron chi connectivity index (χ1n) is 6.21. The number of aryl methyl sites for hydroxylation is 2. The summed E-state index contributed by atoms with van der Waals surface area (Å²) < 4.78 is 12.8. The molecule has 5 nitrogen and oxygen atoms in total. The zero-order valence-corrected chi connectivity index (χ0v) is 11.5. The summed E-state index contributed by atoms with van der Waals surface area (Å²) in [4.78, 5) is 22.5. The number of halogens is 1. The van der Waals surface area contributed by atoms with Crippen molar-refractivity contribution in [1.82, 2.24) is 0 Å². The monoisotopic (exact) mass is 288 g/mol. The summed E-state index contributed by atoms with van der Waals surface area (Å²) in [5.41, 5.74) is 1.82. The van der Waals surface area contributed by atoms with Crippen molar-refractivity contribution in [3.05, 3.63) is 69.0 Å². The number of carbonyl (C=O) groups excluding carboxylic acids is 1. The summed E-state index contributed by atoms with van der Waals surface area (Å²) in [6.07, 6.45) is 0.